The van der Waals surface area contributed by atoms with Gasteiger partial charge in [-0.2, -0.15) is 0 Å². The van der Waals surface area contributed by atoms with Gasteiger partial charge in [0.05, 0.1) is 13.2 Å². The van der Waals surface area contributed by atoms with Crippen molar-refractivity contribution in [3.63, 3.8) is 0 Å². The topological polar surface area (TPSA) is 121 Å². The van der Waals surface area contributed by atoms with E-state index < -0.39 is 11.9 Å². The van der Waals surface area contributed by atoms with Crippen molar-refractivity contribution in [1.82, 2.24) is 0 Å². The molecule has 0 aromatic heterocycles. The van der Waals surface area contributed by atoms with Gasteiger partial charge in [0, 0.05) is 11.9 Å². The molecule has 74 valence electrons. The van der Waals surface area contributed by atoms with Crippen LogP contribution in [0.3, 0.4) is 0 Å². The molecule has 6 nitrogen and oxygen atoms in total. The van der Waals surface area contributed by atoms with Crippen LogP contribution in [0.5, 0.6) is 0 Å². The molecule has 0 heterocycles. The van der Waals surface area contributed by atoms with Gasteiger partial charge in [-0.3, -0.25) is 0 Å². The maximum absolute atomic E-state index is 8.89. The van der Waals surface area contributed by atoms with E-state index in [9.17, 15) is 0 Å². The third-order valence-corrected chi connectivity index (χ3v) is 0.1000. The van der Waals surface area contributed by atoms with Crippen LogP contribution in [0, 0.1) is 0 Å². The van der Waals surface area contributed by atoms with Crippen LogP contribution in [0.2, 0.25) is 0 Å². The Morgan fingerprint density at radius 1 is 0.929 bits per heavy atom. The average Bonchev–Trinajstić information content (AvgIpc) is 1.85. The molecule has 0 fully saturated rings. The number of rotatable bonds is 1. The van der Waals surface area contributed by atoms with E-state index in [0.29, 0.717) is 0 Å². The molecule has 14 heavy (non-hydrogen) atoms. The van der Waals surface area contributed by atoms with E-state index in [1.807, 2.05) is 0 Å². The fourth-order valence-electron chi connectivity index (χ4n) is 0. The molecule has 0 saturated carbocycles. The molecule has 0 aromatic carbocycles. The van der Waals surface area contributed by atoms with Gasteiger partial charge in [-0.1, -0.05) is 0 Å². The first-order valence-electron chi connectivity index (χ1n) is 2.95. The van der Waals surface area contributed by atoms with Gasteiger partial charge < -0.3 is 30.0 Å². The predicted molar refractivity (Wildman–Crippen MR) is 35.5 cm³/mol. The molecule has 0 atom stereocenters. The summed E-state index contributed by atoms with van der Waals surface area (Å²) in [5.41, 5.74) is 0. The van der Waals surface area contributed by atoms with Crippen LogP contribution in [-0.4, -0.2) is 35.4 Å². The zero-order valence-electron chi connectivity index (χ0n) is 8.94. The molecule has 0 bridgehead atoms. The van der Waals surface area contributed by atoms with Gasteiger partial charge in [-0.15, -0.1) is 0 Å². The Labute approximate surface area is 127 Å². The maximum Gasteiger partial charge on any atom is 1.00 e. The molecule has 0 aliphatic carbocycles. The van der Waals surface area contributed by atoms with Gasteiger partial charge in [-0.05, 0) is 13.8 Å². The largest absolute Gasteiger partial charge is 1.00 e. The number of carboxylic acids is 2. The third kappa shape index (κ3) is 523. The number of hydrogen-bond acceptors (Lipinski definition) is 6. The summed E-state index contributed by atoms with van der Waals surface area (Å²) in [6.45, 7) is 1.69. The Hall–Kier alpha value is 0.860. The summed E-state index contributed by atoms with van der Waals surface area (Å²) >= 11 is 0. The van der Waals surface area contributed by atoms with Crippen molar-refractivity contribution in [1.29, 1.82) is 0 Å². The normalized spacial score (nSPS) is 5.71. The van der Waals surface area contributed by atoms with Crippen molar-refractivity contribution in [2.24, 2.45) is 0 Å². The van der Waals surface area contributed by atoms with E-state index in [2.05, 4.69) is 0 Å². The first-order valence-corrected chi connectivity index (χ1v) is 2.95. The van der Waals surface area contributed by atoms with Crippen LogP contribution in [0.4, 0.5) is 0 Å². The Bertz CT molecular complexity index is 96.9. The Balaban J connectivity index is -0.0000000270. The van der Waals surface area contributed by atoms with E-state index in [1.165, 1.54) is 0 Å². The smallest absolute Gasteiger partial charge is 0.550 e. The standard InChI is InChI=1S/2C2H4O2.C2H6O2.2Na/c2*1-2(3)4;3-1-2-4;;/h2*1H3,(H,3,4);3-4H,1-2H2;;/q;;;2*+1/p-2. The van der Waals surface area contributed by atoms with Crippen LogP contribution >= 0.6 is 0 Å². The Kier molecular flexibility index (Phi) is 61.2. The van der Waals surface area contributed by atoms with Crippen LogP contribution < -0.4 is 69.3 Å². The van der Waals surface area contributed by atoms with E-state index in [1.54, 1.807) is 0 Å². The zero-order chi connectivity index (χ0) is 10.6. The van der Waals surface area contributed by atoms with E-state index >= 15 is 0 Å². The molecule has 0 rings (SSSR count). The first kappa shape index (κ1) is 29.4. The van der Waals surface area contributed by atoms with Gasteiger partial charge >= 0.3 is 59.1 Å². The molecule has 0 spiro atoms. The monoisotopic (exact) mass is 226 g/mol. The fourth-order valence-corrected chi connectivity index (χ4v) is 0. The summed E-state index contributed by atoms with van der Waals surface area (Å²) in [4.78, 5) is 17.8. The van der Waals surface area contributed by atoms with E-state index in [-0.39, 0.29) is 72.3 Å². The summed E-state index contributed by atoms with van der Waals surface area (Å²) in [6, 6.07) is 0. The van der Waals surface area contributed by atoms with Crippen molar-refractivity contribution in [3.8, 4) is 0 Å². The number of aliphatic hydroxyl groups is 2. The summed E-state index contributed by atoms with van der Waals surface area (Å²) < 4.78 is 0. The zero-order valence-corrected chi connectivity index (χ0v) is 12.9. The third-order valence-electron chi connectivity index (χ3n) is 0.1000. The molecule has 0 saturated heterocycles. The average molecular weight is 226 g/mol. The van der Waals surface area contributed by atoms with Crippen molar-refractivity contribution >= 4 is 11.9 Å². The molecular formula is C6H12Na2O6. The van der Waals surface area contributed by atoms with Crippen molar-refractivity contribution in [3.05, 3.63) is 0 Å². The van der Waals surface area contributed by atoms with E-state index in [4.69, 9.17) is 30.0 Å². The number of hydrogen-bond donors (Lipinski definition) is 2. The van der Waals surface area contributed by atoms with Crippen LogP contribution in [0.1, 0.15) is 13.8 Å². The predicted octanol–water partition coefficient (Wildman–Crippen LogP) is -9.51. The van der Waals surface area contributed by atoms with Crippen LogP contribution in [0.25, 0.3) is 0 Å². The first-order chi connectivity index (χ1) is 5.38. The second-order valence-electron chi connectivity index (χ2n) is 1.43. The minimum absolute atomic E-state index is 0. The van der Waals surface area contributed by atoms with Crippen molar-refractivity contribution in [2.75, 3.05) is 13.2 Å². The summed E-state index contributed by atoms with van der Waals surface area (Å²) in [5, 5.41) is 33.0. The van der Waals surface area contributed by atoms with E-state index in [0.717, 1.165) is 13.8 Å². The van der Waals surface area contributed by atoms with Gasteiger partial charge in [0.1, 0.15) is 0 Å². The van der Waals surface area contributed by atoms with Gasteiger partial charge in [0.2, 0.25) is 0 Å². The SMILES string of the molecule is CC(=O)[O-].CC(=O)[O-].OCCO.[Na+].[Na+]. The number of carbonyl (C=O) groups is 2. The Morgan fingerprint density at radius 2 is 1.00 bits per heavy atom. The molecule has 0 unspecified atom stereocenters. The second-order valence-corrected chi connectivity index (χ2v) is 1.43. The van der Waals surface area contributed by atoms with Crippen LogP contribution in [0.15, 0.2) is 0 Å². The van der Waals surface area contributed by atoms with Gasteiger partial charge in [0.15, 0.2) is 0 Å². The number of carboxylic acid groups (broad SMARTS) is 2. The summed E-state index contributed by atoms with van der Waals surface area (Å²) in [5.74, 6) is -2.17. The molecule has 0 aromatic rings. The summed E-state index contributed by atoms with van der Waals surface area (Å²) in [6.07, 6.45) is 0. The maximum atomic E-state index is 8.89. The molecule has 0 aliphatic rings. The quantitative estimate of drug-likeness (QED) is 0.428. The molecular weight excluding hydrogens is 214 g/mol. The molecule has 0 radical (unpaired) electrons. The molecule has 0 amide bonds. The van der Waals surface area contributed by atoms with Crippen LogP contribution in [-0.2, 0) is 9.59 Å². The fraction of sp³-hybridized carbons (Fsp3) is 0.667. The summed E-state index contributed by atoms with van der Waals surface area (Å²) in [7, 11) is 0. The Morgan fingerprint density at radius 3 is 1.00 bits per heavy atom. The molecule has 2 N–H and O–H groups in total. The minimum atomic E-state index is -1.08. The number of aliphatic hydroxyl groups excluding tert-OH is 2. The molecule has 0 aliphatic heterocycles. The van der Waals surface area contributed by atoms with Crippen molar-refractivity contribution in [2.45, 2.75) is 13.8 Å². The van der Waals surface area contributed by atoms with Gasteiger partial charge in [0.25, 0.3) is 0 Å². The van der Waals surface area contributed by atoms with Crippen molar-refractivity contribution < 1.29 is 89.1 Å². The number of carbonyl (C=O) groups excluding carboxylic acids is 2. The minimum Gasteiger partial charge on any atom is -0.550 e. The second kappa shape index (κ2) is 29.2. The van der Waals surface area contributed by atoms with Gasteiger partial charge in [-0.25, -0.2) is 0 Å². The molecule has 8 heteroatoms. The number of aliphatic carboxylic acids is 2.